The lowest BCUT2D eigenvalue weighted by Gasteiger charge is -2.28. The molecule has 0 bridgehead atoms. The van der Waals surface area contributed by atoms with Crippen molar-refractivity contribution in [3.8, 4) is 0 Å². The van der Waals surface area contributed by atoms with Crippen LogP contribution in [0.4, 0.5) is 4.39 Å². The molecule has 2 rings (SSSR count). The van der Waals surface area contributed by atoms with E-state index in [0.717, 1.165) is 12.8 Å². The van der Waals surface area contributed by atoms with Gasteiger partial charge in [0.15, 0.2) is 0 Å². The molecule has 0 spiro atoms. The lowest BCUT2D eigenvalue weighted by atomic mass is 10.2. The van der Waals surface area contributed by atoms with Crippen LogP contribution in [0.25, 0.3) is 0 Å². The molecule has 1 aromatic carbocycles. The highest BCUT2D eigenvalue weighted by atomic mass is 32.2. The van der Waals surface area contributed by atoms with Gasteiger partial charge in [-0.05, 0) is 30.5 Å². The first-order valence-corrected chi connectivity index (χ1v) is 8.40. The van der Waals surface area contributed by atoms with E-state index in [0.29, 0.717) is 18.7 Å². The summed E-state index contributed by atoms with van der Waals surface area (Å²) in [6.45, 7) is 4.79. The van der Waals surface area contributed by atoms with Crippen molar-refractivity contribution in [2.45, 2.75) is 39.3 Å². The van der Waals surface area contributed by atoms with Gasteiger partial charge in [-0.1, -0.05) is 26.0 Å². The Morgan fingerprint density at radius 2 is 1.90 bits per heavy atom. The average molecular weight is 300 g/mol. The summed E-state index contributed by atoms with van der Waals surface area (Å²) < 4.78 is 41.4. The summed E-state index contributed by atoms with van der Waals surface area (Å²) in [6.07, 6.45) is 1.77. The number of halogens is 1. The summed E-state index contributed by atoms with van der Waals surface area (Å²) in [4.78, 5) is 0. The zero-order valence-electron chi connectivity index (χ0n) is 11.9. The second-order valence-corrected chi connectivity index (χ2v) is 6.88. The highest BCUT2D eigenvalue weighted by Crippen LogP contribution is 2.32. The molecule has 0 amide bonds. The fraction of sp³-hybridized carbons (Fsp3) is 0.571. The van der Waals surface area contributed by atoms with E-state index in [4.69, 9.17) is 0 Å². The van der Waals surface area contributed by atoms with Gasteiger partial charge in [0.2, 0.25) is 0 Å². The van der Waals surface area contributed by atoms with Crippen LogP contribution in [0.3, 0.4) is 0 Å². The van der Waals surface area contributed by atoms with Crippen LogP contribution in [0.1, 0.15) is 32.3 Å². The number of nitrogens with zero attached hydrogens (tertiary/aromatic N) is 2. The van der Waals surface area contributed by atoms with E-state index in [1.165, 1.54) is 20.7 Å². The van der Waals surface area contributed by atoms with Crippen LogP contribution in [0.15, 0.2) is 24.3 Å². The van der Waals surface area contributed by atoms with E-state index < -0.39 is 10.2 Å². The Balaban J connectivity index is 2.23. The molecule has 0 heterocycles. The summed E-state index contributed by atoms with van der Waals surface area (Å²) in [5.74, 6) is -0.335. The van der Waals surface area contributed by atoms with Crippen LogP contribution < -0.4 is 0 Å². The third-order valence-electron chi connectivity index (χ3n) is 3.51. The molecule has 0 saturated heterocycles. The van der Waals surface area contributed by atoms with Crippen LogP contribution in [0, 0.1) is 5.82 Å². The lowest BCUT2D eigenvalue weighted by Crippen LogP contribution is -2.44. The highest BCUT2D eigenvalue weighted by Gasteiger charge is 2.39. The summed E-state index contributed by atoms with van der Waals surface area (Å²) in [6, 6.07) is 6.19. The molecule has 0 radical (unpaired) electrons. The predicted octanol–water partition coefficient (Wildman–Crippen LogP) is 2.38. The van der Waals surface area contributed by atoms with E-state index in [1.807, 2.05) is 13.8 Å². The largest absolute Gasteiger partial charge is 0.282 e. The van der Waals surface area contributed by atoms with Crippen molar-refractivity contribution in [1.82, 2.24) is 8.61 Å². The SMILES string of the molecule is CCN(CC)S(=O)(=O)N(Cc1cccc(F)c1)C1CC1. The van der Waals surface area contributed by atoms with Crippen molar-refractivity contribution in [1.29, 1.82) is 0 Å². The highest BCUT2D eigenvalue weighted by molar-refractivity contribution is 7.86. The second kappa shape index (κ2) is 6.20. The molecular weight excluding hydrogens is 279 g/mol. The van der Waals surface area contributed by atoms with Gasteiger partial charge in [0.25, 0.3) is 10.2 Å². The van der Waals surface area contributed by atoms with E-state index in [9.17, 15) is 12.8 Å². The molecule has 0 aliphatic heterocycles. The Kier molecular flexibility index (Phi) is 4.78. The Morgan fingerprint density at radius 3 is 2.40 bits per heavy atom. The topological polar surface area (TPSA) is 40.6 Å². The minimum atomic E-state index is -3.47. The average Bonchev–Trinajstić information content (AvgIpc) is 3.21. The lowest BCUT2D eigenvalue weighted by molar-refractivity contribution is 0.337. The fourth-order valence-electron chi connectivity index (χ4n) is 2.28. The summed E-state index contributed by atoms with van der Waals surface area (Å²) in [5, 5.41) is 0. The van der Waals surface area contributed by atoms with Gasteiger partial charge in [-0.3, -0.25) is 0 Å². The summed E-state index contributed by atoms with van der Waals surface area (Å²) >= 11 is 0. The molecule has 1 aromatic rings. The Labute approximate surface area is 120 Å². The van der Waals surface area contributed by atoms with Crippen molar-refractivity contribution in [3.63, 3.8) is 0 Å². The maximum Gasteiger partial charge on any atom is 0.282 e. The van der Waals surface area contributed by atoms with E-state index in [-0.39, 0.29) is 18.4 Å². The van der Waals surface area contributed by atoms with Gasteiger partial charge in [-0.15, -0.1) is 0 Å². The third kappa shape index (κ3) is 3.37. The first-order chi connectivity index (χ1) is 9.48. The van der Waals surface area contributed by atoms with Crippen molar-refractivity contribution >= 4 is 10.2 Å². The van der Waals surface area contributed by atoms with Gasteiger partial charge in [-0.2, -0.15) is 17.0 Å². The summed E-state index contributed by atoms with van der Waals surface area (Å²) in [7, 11) is -3.47. The van der Waals surface area contributed by atoms with Gasteiger partial charge in [0, 0.05) is 25.7 Å². The Bertz CT molecular complexity index is 554. The molecule has 1 aliphatic carbocycles. The quantitative estimate of drug-likeness (QED) is 0.775. The van der Waals surface area contributed by atoms with Gasteiger partial charge in [0.1, 0.15) is 5.82 Å². The zero-order chi connectivity index (χ0) is 14.8. The monoisotopic (exact) mass is 300 g/mol. The molecule has 0 N–H and O–H groups in total. The molecule has 0 atom stereocenters. The first kappa shape index (κ1) is 15.4. The third-order valence-corrected chi connectivity index (χ3v) is 5.70. The normalized spacial score (nSPS) is 16.1. The molecule has 0 unspecified atom stereocenters. The minimum absolute atomic E-state index is 0.0591. The van der Waals surface area contributed by atoms with Crippen molar-refractivity contribution in [2.75, 3.05) is 13.1 Å². The molecule has 4 nitrogen and oxygen atoms in total. The van der Waals surface area contributed by atoms with Crippen LogP contribution in [-0.4, -0.2) is 36.2 Å². The molecule has 1 aliphatic rings. The fourth-order valence-corrected chi connectivity index (χ4v) is 4.12. The van der Waals surface area contributed by atoms with Crippen LogP contribution >= 0.6 is 0 Å². The zero-order valence-corrected chi connectivity index (χ0v) is 12.7. The van der Waals surface area contributed by atoms with Crippen molar-refractivity contribution in [2.24, 2.45) is 0 Å². The van der Waals surface area contributed by atoms with E-state index in [2.05, 4.69) is 0 Å². The number of rotatable bonds is 7. The second-order valence-electron chi connectivity index (χ2n) is 5.00. The molecule has 1 saturated carbocycles. The minimum Gasteiger partial charge on any atom is -0.207 e. The maximum absolute atomic E-state index is 13.2. The molecule has 6 heteroatoms. The number of hydrogen-bond acceptors (Lipinski definition) is 2. The molecular formula is C14H21FN2O2S. The van der Waals surface area contributed by atoms with Crippen molar-refractivity contribution in [3.05, 3.63) is 35.6 Å². The van der Waals surface area contributed by atoms with Crippen LogP contribution in [-0.2, 0) is 16.8 Å². The molecule has 1 fully saturated rings. The van der Waals surface area contributed by atoms with E-state index in [1.54, 1.807) is 12.1 Å². The van der Waals surface area contributed by atoms with Gasteiger partial charge in [-0.25, -0.2) is 4.39 Å². The Morgan fingerprint density at radius 1 is 1.25 bits per heavy atom. The summed E-state index contributed by atoms with van der Waals surface area (Å²) in [5.41, 5.74) is 0.688. The number of hydrogen-bond donors (Lipinski definition) is 0. The molecule has 0 aromatic heterocycles. The van der Waals surface area contributed by atoms with E-state index >= 15 is 0 Å². The standard InChI is InChI=1S/C14H21FN2O2S/c1-3-16(4-2)20(18,19)17(14-8-9-14)11-12-6-5-7-13(15)10-12/h5-7,10,14H,3-4,8-9,11H2,1-2H3. The maximum atomic E-state index is 13.2. The first-order valence-electron chi connectivity index (χ1n) is 7.00. The number of benzene rings is 1. The molecule has 20 heavy (non-hydrogen) atoms. The van der Waals surface area contributed by atoms with Crippen molar-refractivity contribution < 1.29 is 12.8 Å². The van der Waals surface area contributed by atoms with Crippen LogP contribution in [0.2, 0.25) is 0 Å². The van der Waals surface area contributed by atoms with Crippen LogP contribution in [0.5, 0.6) is 0 Å². The molecule has 112 valence electrons. The van der Waals surface area contributed by atoms with Gasteiger partial charge in [0.05, 0.1) is 0 Å². The Hall–Kier alpha value is -0.980. The van der Waals surface area contributed by atoms with Gasteiger partial charge >= 0.3 is 0 Å². The van der Waals surface area contributed by atoms with Gasteiger partial charge < -0.3 is 0 Å². The predicted molar refractivity (Wildman–Crippen MR) is 76.8 cm³/mol. The smallest absolute Gasteiger partial charge is 0.207 e.